The summed E-state index contributed by atoms with van der Waals surface area (Å²) in [6.45, 7) is 3.31. The van der Waals surface area contributed by atoms with Crippen LogP contribution >= 0.6 is 0 Å². The van der Waals surface area contributed by atoms with Gasteiger partial charge in [0.05, 0.1) is 12.4 Å². The van der Waals surface area contributed by atoms with Gasteiger partial charge in [-0.3, -0.25) is 0 Å². The summed E-state index contributed by atoms with van der Waals surface area (Å²) in [5.41, 5.74) is 0.803. The summed E-state index contributed by atoms with van der Waals surface area (Å²) < 4.78 is 15.0. The summed E-state index contributed by atoms with van der Waals surface area (Å²) in [6.07, 6.45) is 6.99. The lowest BCUT2D eigenvalue weighted by atomic mass is 9.85. The third kappa shape index (κ3) is 3.07. The zero-order chi connectivity index (χ0) is 18.2. The first kappa shape index (κ1) is 16.3. The van der Waals surface area contributed by atoms with Crippen molar-refractivity contribution in [2.24, 2.45) is 0 Å². The monoisotopic (exact) mass is 368 g/mol. The molecule has 0 bridgehead atoms. The number of hydrogen-bond donors (Lipinski definition) is 0. The molecular weight excluding hydrogens is 347 g/mol. The van der Waals surface area contributed by atoms with Gasteiger partial charge in [0.15, 0.2) is 17.3 Å². The first-order valence-electron chi connectivity index (χ1n) is 9.48. The van der Waals surface area contributed by atoms with Crippen molar-refractivity contribution in [1.29, 1.82) is 0 Å². The quantitative estimate of drug-likeness (QED) is 0.700. The summed E-state index contributed by atoms with van der Waals surface area (Å²) >= 11 is 0. The molecule has 0 unspecified atom stereocenters. The van der Waals surface area contributed by atoms with Gasteiger partial charge in [0, 0.05) is 32.1 Å². The third-order valence-electron chi connectivity index (χ3n) is 5.45. The lowest BCUT2D eigenvalue weighted by Crippen LogP contribution is -2.32. The molecule has 1 aliphatic heterocycles. The Morgan fingerprint density at radius 2 is 1.67 bits per heavy atom. The lowest BCUT2D eigenvalue weighted by molar-refractivity contribution is 0.395. The van der Waals surface area contributed by atoms with Crippen molar-refractivity contribution in [2.75, 3.05) is 36.0 Å². The molecule has 1 saturated carbocycles. The molecule has 140 valence electrons. The Kier molecular flexibility index (Phi) is 4.06. The molecule has 1 saturated heterocycles. The van der Waals surface area contributed by atoms with Gasteiger partial charge in [-0.2, -0.15) is 4.52 Å². The average Bonchev–Trinajstić information content (AvgIpc) is 2.89. The minimum absolute atomic E-state index is 0.413. The van der Waals surface area contributed by atoms with E-state index in [0.29, 0.717) is 11.9 Å². The smallest absolute Gasteiger partial charge is 0.225 e. The highest BCUT2D eigenvalue weighted by atomic mass is 19.1. The second-order valence-corrected chi connectivity index (χ2v) is 7.18. The van der Waals surface area contributed by atoms with Crippen molar-refractivity contribution >= 4 is 17.4 Å². The third-order valence-corrected chi connectivity index (χ3v) is 5.45. The molecule has 0 aromatic carbocycles. The highest BCUT2D eigenvalue weighted by Gasteiger charge is 2.26. The summed E-state index contributed by atoms with van der Waals surface area (Å²) in [5, 5.41) is 13.5. The van der Waals surface area contributed by atoms with E-state index in [0.717, 1.165) is 49.9 Å². The van der Waals surface area contributed by atoms with E-state index in [-0.39, 0.29) is 0 Å². The van der Waals surface area contributed by atoms with E-state index in [9.17, 15) is 4.39 Å². The summed E-state index contributed by atoms with van der Waals surface area (Å²) in [7, 11) is 0. The fourth-order valence-corrected chi connectivity index (χ4v) is 3.70. The number of fused-ring (bicyclic) bond motifs is 1. The van der Waals surface area contributed by atoms with Gasteiger partial charge in [-0.05, 0) is 31.4 Å². The van der Waals surface area contributed by atoms with Crippen LogP contribution in [0.1, 0.15) is 37.4 Å². The first-order chi connectivity index (χ1) is 13.3. The fraction of sp³-hybridized carbons (Fsp3) is 0.500. The highest BCUT2D eigenvalue weighted by Crippen LogP contribution is 2.35. The number of nitrogens with zero attached hydrogens (tertiary/aromatic N) is 8. The van der Waals surface area contributed by atoms with Crippen LogP contribution in [0.15, 0.2) is 24.5 Å². The predicted molar refractivity (Wildman–Crippen MR) is 98.4 cm³/mol. The zero-order valence-electron chi connectivity index (χ0n) is 15.0. The van der Waals surface area contributed by atoms with E-state index in [4.69, 9.17) is 5.10 Å². The van der Waals surface area contributed by atoms with Crippen LogP contribution in [0.5, 0.6) is 0 Å². The van der Waals surface area contributed by atoms with Gasteiger partial charge in [0.25, 0.3) is 0 Å². The molecule has 3 aromatic rings. The highest BCUT2D eigenvalue weighted by molar-refractivity contribution is 5.47. The van der Waals surface area contributed by atoms with Crippen molar-refractivity contribution in [3.63, 3.8) is 0 Å². The molecule has 4 heterocycles. The second kappa shape index (κ2) is 6.71. The fourth-order valence-electron chi connectivity index (χ4n) is 3.70. The molecule has 9 heteroatoms. The van der Waals surface area contributed by atoms with Crippen molar-refractivity contribution in [3.05, 3.63) is 36.2 Å². The molecule has 0 N–H and O–H groups in total. The van der Waals surface area contributed by atoms with Gasteiger partial charge < -0.3 is 9.80 Å². The molecule has 2 fully saturated rings. The van der Waals surface area contributed by atoms with E-state index in [2.05, 4.69) is 30.0 Å². The Bertz CT molecular complexity index is 936. The molecule has 27 heavy (non-hydrogen) atoms. The van der Waals surface area contributed by atoms with Crippen LogP contribution in [0, 0.1) is 5.82 Å². The molecule has 5 rings (SSSR count). The first-order valence-corrected chi connectivity index (χ1v) is 9.48. The van der Waals surface area contributed by atoms with Crippen molar-refractivity contribution in [2.45, 2.75) is 31.6 Å². The maximum atomic E-state index is 13.1. The van der Waals surface area contributed by atoms with Crippen molar-refractivity contribution < 1.29 is 4.39 Å². The minimum atomic E-state index is -0.413. The van der Waals surface area contributed by atoms with Gasteiger partial charge in [-0.1, -0.05) is 6.42 Å². The Morgan fingerprint density at radius 1 is 0.889 bits per heavy atom. The standard InChI is InChI=1S/C18H21FN8/c19-14-11-20-18(21-12-14)26-8-2-7-25(9-10-26)16-6-5-15-22-23-17(27(15)24-16)13-3-1-4-13/h5-6,11-13H,1-4,7-10H2. The van der Waals surface area contributed by atoms with Gasteiger partial charge in [-0.15, -0.1) is 15.3 Å². The minimum Gasteiger partial charge on any atom is -0.353 e. The lowest BCUT2D eigenvalue weighted by Gasteiger charge is -2.24. The van der Waals surface area contributed by atoms with Crippen LogP contribution in [0.4, 0.5) is 16.2 Å². The van der Waals surface area contributed by atoms with Crippen molar-refractivity contribution in [3.8, 4) is 0 Å². The average molecular weight is 368 g/mol. The molecule has 1 aliphatic carbocycles. The van der Waals surface area contributed by atoms with Crippen molar-refractivity contribution in [1.82, 2.24) is 29.8 Å². The number of rotatable bonds is 3. The van der Waals surface area contributed by atoms with Gasteiger partial charge in [0.1, 0.15) is 5.82 Å². The summed E-state index contributed by atoms with van der Waals surface area (Å²) in [5.74, 6) is 2.56. The van der Waals surface area contributed by atoms with E-state index in [1.54, 1.807) is 0 Å². The number of aromatic nitrogens is 6. The zero-order valence-corrected chi connectivity index (χ0v) is 15.0. The van der Waals surface area contributed by atoms with Crippen LogP contribution in [-0.2, 0) is 0 Å². The Balaban J connectivity index is 1.36. The Hall–Kier alpha value is -2.84. The van der Waals surface area contributed by atoms with Gasteiger partial charge in [-0.25, -0.2) is 14.4 Å². The predicted octanol–water partition coefficient (Wildman–Crippen LogP) is 2.04. The summed E-state index contributed by atoms with van der Waals surface area (Å²) in [6, 6.07) is 4.00. The maximum absolute atomic E-state index is 13.1. The van der Waals surface area contributed by atoms with E-state index < -0.39 is 5.82 Å². The molecule has 0 radical (unpaired) electrons. The largest absolute Gasteiger partial charge is 0.353 e. The van der Waals surface area contributed by atoms with Crippen LogP contribution in [0.3, 0.4) is 0 Å². The molecule has 0 amide bonds. The van der Waals surface area contributed by atoms with Crippen LogP contribution in [-0.4, -0.2) is 56.0 Å². The molecular formula is C18H21FN8. The molecule has 0 atom stereocenters. The molecule has 0 spiro atoms. The summed E-state index contributed by atoms with van der Waals surface area (Å²) in [4.78, 5) is 12.6. The number of hydrogen-bond acceptors (Lipinski definition) is 7. The van der Waals surface area contributed by atoms with Crippen LogP contribution in [0.2, 0.25) is 0 Å². The number of anilines is 2. The normalized spacial score (nSPS) is 18.6. The second-order valence-electron chi connectivity index (χ2n) is 7.18. The van der Waals surface area contributed by atoms with Crippen LogP contribution < -0.4 is 9.80 Å². The Morgan fingerprint density at radius 3 is 2.44 bits per heavy atom. The molecule has 2 aliphatic rings. The van der Waals surface area contributed by atoms with E-state index in [1.807, 2.05) is 16.6 Å². The van der Waals surface area contributed by atoms with Gasteiger partial charge in [0.2, 0.25) is 5.95 Å². The van der Waals surface area contributed by atoms with E-state index in [1.165, 1.54) is 31.7 Å². The SMILES string of the molecule is Fc1cnc(N2CCCN(c3ccc4nnc(C5CCC5)n4n3)CC2)nc1. The van der Waals surface area contributed by atoms with Crippen LogP contribution in [0.25, 0.3) is 5.65 Å². The van der Waals surface area contributed by atoms with Gasteiger partial charge >= 0.3 is 0 Å². The molecule has 8 nitrogen and oxygen atoms in total. The van der Waals surface area contributed by atoms with E-state index >= 15 is 0 Å². The Labute approximate surface area is 156 Å². The molecule has 3 aromatic heterocycles. The topological polar surface area (TPSA) is 75.3 Å². The number of halogens is 1. The maximum Gasteiger partial charge on any atom is 0.225 e.